The van der Waals surface area contributed by atoms with Gasteiger partial charge in [0.25, 0.3) is 0 Å². The number of methoxy groups -OCH3 is 1. The van der Waals surface area contributed by atoms with Gasteiger partial charge in [-0.05, 0) is 42.3 Å². The van der Waals surface area contributed by atoms with E-state index in [0.29, 0.717) is 22.6 Å². The summed E-state index contributed by atoms with van der Waals surface area (Å²) in [7, 11) is 1.45. The van der Waals surface area contributed by atoms with Crippen molar-refractivity contribution < 1.29 is 45.7 Å². The van der Waals surface area contributed by atoms with Crippen molar-refractivity contribution in [3.8, 4) is 17.2 Å². The molecule has 0 fully saturated rings. The molecule has 0 aliphatic carbocycles. The number of nitrogens with two attached hydrogens (primary N) is 1. The molecule has 1 aromatic heterocycles. The van der Waals surface area contributed by atoms with Crippen LogP contribution in [0.25, 0.3) is 5.69 Å². The van der Waals surface area contributed by atoms with E-state index >= 15 is 4.39 Å². The second kappa shape index (κ2) is 13.6. The molecule has 16 heteroatoms. The molecule has 0 saturated heterocycles. The lowest BCUT2D eigenvalue weighted by Gasteiger charge is -2.17. The molecule has 3 aromatic carbocycles. The average Bonchev–Trinajstić information content (AvgIpc) is 3.33. The second-order valence-electron chi connectivity index (χ2n) is 8.63. The Balaban J connectivity index is 0.000000646. The number of alkyl halides is 5. The Kier molecular flexibility index (Phi) is 10.2. The molecule has 43 heavy (non-hydrogen) atoms. The Morgan fingerprint density at radius 2 is 1.74 bits per heavy atom. The van der Waals surface area contributed by atoms with Gasteiger partial charge in [0.1, 0.15) is 34.7 Å². The van der Waals surface area contributed by atoms with Crippen molar-refractivity contribution in [1.29, 1.82) is 5.41 Å². The smallest absolute Gasteiger partial charge is 0.490 e. The lowest BCUT2D eigenvalue weighted by molar-refractivity contribution is -0.192. The SMILES string of the molecule is COc1ccccc1-n1nc(C(Cc2ccc(C(=N)N)cc2)c2cc(OC(F)F)ccc2F)[nH]c1=O.O=C(O)C(F)(F)F. The maximum atomic E-state index is 15.0. The number of carboxylic acid groups (broad SMARTS) is 1. The monoisotopic (exact) mass is 611 g/mol. The number of H-pyrrole nitrogens is 1. The summed E-state index contributed by atoms with van der Waals surface area (Å²) in [6.07, 6.45) is -4.94. The third-order valence-corrected chi connectivity index (χ3v) is 5.79. The summed E-state index contributed by atoms with van der Waals surface area (Å²) >= 11 is 0. The van der Waals surface area contributed by atoms with Crippen molar-refractivity contribution in [3.05, 3.63) is 106 Å². The number of benzene rings is 3. The first-order chi connectivity index (χ1) is 20.2. The zero-order valence-corrected chi connectivity index (χ0v) is 22.0. The molecular weight excluding hydrogens is 588 g/mol. The number of ether oxygens (including phenoxy) is 2. The largest absolute Gasteiger partial charge is 0.494 e. The summed E-state index contributed by atoms with van der Waals surface area (Å²) < 4.78 is 83.3. The number of rotatable bonds is 9. The van der Waals surface area contributed by atoms with Crippen LogP contribution in [0.4, 0.5) is 26.3 Å². The highest BCUT2D eigenvalue weighted by Gasteiger charge is 2.38. The number of hydrogen-bond acceptors (Lipinski definition) is 6. The van der Waals surface area contributed by atoms with E-state index < -0.39 is 36.2 Å². The number of carboxylic acids is 1. The number of carbonyl (C=O) groups is 1. The molecule has 0 amide bonds. The van der Waals surface area contributed by atoms with Crippen LogP contribution in [0, 0.1) is 11.2 Å². The van der Waals surface area contributed by atoms with Gasteiger partial charge >= 0.3 is 24.4 Å². The van der Waals surface area contributed by atoms with Crippen LogP contribution in [0.2, 0.25) is 0 Å². The fraction of sp³-hybridized carbons (Fsp3) is 0.185. The van der Waals surface area contributed by atoms with Crippen molar-refractivity contribution >= 4 is 11.8 Å². The molecule has 4 rings (SSSR count). The zero-order valence-electron chi connectivity index (χ0n) is 22.0. The second-order valence-corrected chi connectivity index (χ2v) is 8.63. The lowest BCUT2D eigenvalue weighted by atomic mass is 9.90. The van der Waals surface area contributed by atoms with E-state index in [0.717, 1.165) is 22.9 Å². The van der Waals surface area contributed by atoms with Crippen LogP contribution >= 0.6 is 0 Å². The van der Waals surface area contributed by atoms with Crippen LogP contribution in [0.3, 0.4) is 0 Å². The molecule has 1 unspecified atom stereocenters. The minimum Gasteiger partial charge on any atom is -0.494 e. The summed E-state index contributed by atoms with van der Waals surface area (Å²) in [5, 5.41) is 19.1. The molecule has 1 atom stereocenters. The maximum absolute atomic E-state index is 15.0. The predicted molar refractivity (Wildman–Crippen MR) is 140 cm³/mol. The Hall–Kier alpha value is -5.28. The Labute approximate surface area is 238 Å². The normalized spacial score (nSPS) is 11.8. The summed E-state index contributed by atoms with van der Waals surface area (Å²) in [4.78, 5) is 24.4. The summed E-state index contributed by atoms with van der Waals surface area (Å²) in [5.41, 5.74) is 6.51. The number of aromatic amines is 1. The van der Waals surface area contributed by atoms with Gasteiger partial charge in [-0.2, -0.15) is 26.6 Å². The van der Waals surface area contributed by atoms with E-state index in [1.54, 1.807) is 48.5 Å². The highest BCUT2D eigenvalue weighted by molar-refractivity contribution is 5.94. The first-order valence-corrected chi connectivity index (χ1v) is 12.0. The molecule has 228 valence electrons. The van der Waals surface area contributed by atoms with E-state index in [9.17, 15) is 26.7 Å². The summed E-state index contributed by atoms with van der Waals surface area (Å²) in [6, 6.07) is 16.7. The standard InChI is InChI=1S/C25H22F3N5O3.C2HF3O2/c1-35-21-5-3-2-4-20(21)33-25(34)31-23(32-33)18(12-14-6-8-15(9-7-14)22(29)30)17-13-16(36-24(27)28)10-11-19(17)26;3-2(4,5)1(6)7/h2-11,13,18,24H,12H2,1H3,(H3,29,30)(H,31,32,34);(H,6,7). The number of nitrogens with zero attached hydrogens (tertiary/aromatic N) is 2. The van der Waals surface area contributed by atoms with Crippen LogP contribution < -0.4 is 20.9 Å². The topological polar surface area (TPSA) is 156 Å². The number of halogens is 6. The maximum Gasteiger partial charge on any atom is 0.490 e. The lowest BCUT2D eigenvalue weighted by Crippen LogP contribution is -2.21. The number of nitrogens with one attached hydrogen (secondary N) is 2. The molecule has 0 spiro atoms. The van der Waals surface area contributed by atoms with Gasteiger partial charge in [0.2, 0.25) is 0 Å². The highest BCUT2D eigenvalue weighted by atomic mass is 19.4. The van der Waals surface area contributed by atoms with Crippen LogP contribution in [-0.4, -0.2) is 51.6 Å². The van der Waals surface area contributed by atoms with E-state index in [4.69, 9.17) is 25.8 Å². The third-order valence-electron chi connectivity index (χ3n) is 5.79. The predicted octanol–water partition coefficient (Wildman–Crippen LogP) is 4.60. The van der Waals surface area contributed by atoms with Crippen LogP contribution in [0.1, 0.15) is 28.4 Å². The van der Waals surface area contributed by atoms with Crippen molar-refractivity contribution in [3.63, 3.8) is 0 Å². The average molecular weight is 611 g/mol. The molecule has 0 radical (unpaired) electrons. The Morgan fingerprint density at radius 1 is 1.12 bits per heavy atom. The van der Waals surface area contributed by atoms with Crippen molar-refractivity contribution in [1.82, 2.24) is 14.8 Å². The van der Waals surface area contributed by atoms with E-state index in [-0.39, 0.29) is 29.4 Å². The Bertz CT molecular complexity index is 1640. The number of amidine groups is 1. The number of aromatic nitrogens is 3. The van der Waals surface area contributed by atoms with Gasteiger partial charge in [-0.25, -0.2) is 14.0 Å². The third kappa shape index (κ3) is 8.37. The van der Waals surface area contributed by atoms with Gasteiger partial charge in [-0.1, -0.05) is 36.4 Å². The van der Waals surface area contributed by atoms with Gasteiger partial charge in [0.05, 0.1) is 13.0 Å². The van der Waals surface area contributed by atoms with Gasteiger partial charge in [0.15, 0.2) is 0 Å². The molecular formula is C27H23F6N5O5. The fourth-order valence-electron chi connectivity index (χ4n) is 3.84. The first-order valence-electron chi connectivity index (χ1n) is 12.0. The van der Waals surface area contributed by atoms with E-state index in [2.05, 4.69) is 14.8 Å². The van der Waals surface area contributed by atoms with Crippen LogP contribution in [0.15, 0.2) is 71.5 Å². The summed E-state index contributed by atoms with van der Waals surface area (Å²) in [5.74, 6) is -4.16. The van der Waals surface area contributed by atoms with Gasteiger partial charge in [0, 0.05) is 11.1 Å². The number of para-hydroxylation sites is 2. The van der Waals surface area contributed by atoms with Crippen molar-refractivity contribution in [2.75, 3.05) is 7.11 Å². The van der Waals surface area contributed by atoms with E-state index in [1.165, 1.54) is 7.11 Å². The molecule has 0 bridgehead atoms. The van der Waals surface area contributed by atoms with Gasteiger partial charge < -0.3 is 20.3 Å². The number of hydrogen-bond donors (Lipinski definition) is 4. The molecule has 5 N–H and O–H groups in total. The van der Waals surface area contributed by atoms with Crippen molar-refractivity contribution in [2.24, 2.45) is 5.73 Å². The highest BCUT2D eigenvalue weighted by Crippen LogP contribution is 2.32. The first kappa shape index (κ1) is 32.2. The minimum absolute atomic E-state index is 0.00437. The molecule has 10 nitrogen and oxygen atoms in total. The van der Waals surface area contributed by atoms with Crippen molar-refractivity contribution in [2.45, 2.75) is 25.1 Å². The molecule has 0 saturated carbocycles. The number of aliphatic carboxylic acids is 1. The summed E-state index contributed by atoms with van der Waals surface area (Å²) in [6.45, 7) is -3.09. The van der Waals surface area contributed by atoms with E-state index in [1.807, 2.05) is 0 Å². The zero-order chi connectivity index (χ0) is 31.9. The quantitative estimate of drug-likeness (QED) is 0.122. The van der Waals surface area contributed by atoms with Gasteiger partial charge in [-0.15, -0.1) is 5.10 Å². The molecule has 0 aliphatic heterocycles. The molecule has 4 aromatic rings. The number of nitrogen functional groups attached to an aromatic ring is 1. The van der Waals surface area contributed by atoms with Crippen LogP contribution in [-0.2, 0) is 11.2 Å². The van der Waals surface area contributed by atoms with Crippen LogP contribution in [0.5, 0.6) is 11.5 Å². The minimum atomic E-state index is -5.08. The molecule has 0 aliphatic rings. The fourth-order valence-corrected chi connectivity index (χ4v) is 3.84. The van der Waals surface area contributed by atoms with Gasteiger partial charge in [-0.3, -0.25) is 10.4 Å². The Morgan fingerprint density at radius 3 is 2.30 bits per heavy atom. The molecule has 1 heterocycles.